The van der Waals surface area contributed by atoms with Crippen LogP contribution in [0.2, 0.25) is 0 Å². The third-order valence-electron chi connectivity index (χ3n) is 5.02. The lowest BCUT2D eigenvalue weighted by molar-refractivity contribution is 0.173. The first-order valence-corrected chi connectivity index (χ1v) is 10.2. The van der Waals surface area contributed by atoms with E-state index in [9.17, 15) is 0 Å². The van der Waals surface area contributed by atoms with Gasteiger partial charge in [-0.2, -0.15) is 0 Å². The maximum atomic E-state index is 4.33. The highest BCUT2D eigenvalue weighted by Crippen LogP contribution is 2.17. The molecule has 28 heavy (non-hydrogen) atoms. The van der Waals surface area contributed by atoms with E-state index in [2.05, 4.69) is 89.5 Å². The molecule has 5 nitrogen and oxygen atoms in total. The highest BCUT2D eigenvalue weighted by molar-refractivity contribution is 14.0. The van der Waals surface area contributed by atoms with E-state index in [1.165, 1.54) is 11.3 Å². The van der Waals surface area contributed by atoms with Gasteiger partial charge in [-0.3, -0.25) is 9.89 Å². The second-order valence-electron chi connectivity index (χ2n) is 7.67. The van der Waals surface area contributed by atoms with Crippen LogP contribution in [0.25, 0.3) is 0 Å². The van der Waals surface area contributed by atoms with Crippen LogP contribution in [0, 0.1) is 0 Å². The number of rotatable bonds is 9. The Morgan fingerprint density at radius 3 is 2.18 bits per heavy atom. The fourth-order valence-electron chi connectivity index (χ4n) is 3.50. The normalized spacial score (nSPS) is 14.1. The quantitative estimate of drug-likeness (QED) is 0.178. The number of nitrogens with zero attached hydrogens (tertiary/aromatic N) is 3. The van der Waals surface area contributed by atoms with E-state index >= 15 is 0 Å². The Kier molecular flexibility index (Phi) is 11.5. The second kappa shape index (κ2) is 13.0. The van der Waals surface area contributed by atoms with Crippen LogP contribution in [-0.2, 0) is 6.54 Å². The van der Waals surface area contributed by atoms with Crippen molar-refractivity contribution >= 4 is 35.6 Å². The number of guanidine groups is 1. The van der Waals surface area contributed by atoms with Crippen LogP contribution in [-0.4, -0.2) is 56.2 Å². The van der Waals surface area contributed by atoms with Crippen molar-refractivity contribution in [2.45, 2.75) is 52.7 Å². The van der Waals surface area contributed by atoms with Gasteiger partial charge >= 0.3 is 0 Å². The summed E-state index contributed by atoms with van der Waals surface area (Å²) in [6, 6.07) is 9.96. The zero-order valence-corrected chi connectivity index (χ0v) is 20.4. The van der Waals surface area contributed by atoms with Crippen molar-refractivity contribution in [2.24, 2.45) is 4.99 Å². The monoisotopic (exact) mass is 499 g/mol. The molecule has 1 aromatic carbocycles. The van der Waals surface area contributed by atoms with Crippen molar-refractivity contribution in [3.63, 3.8) is 0 Å². The molecule has 0 spiro atoms. The summed E-state index contributed by atoms with van der Waals surface area (Å²) < 4.78 is 0. The average molecular weight is 499 g/mol. The Bertz CT molecular complexity index is 594. The van der Waals surface area contributed by atoms with Gasteiger partial charge in [0.2, 0.25) is 0 Å². The Balaban J connectivity index is 0.00000392. The molecule has 0 unspecified atom stereocenters. The minimum absolute atomic E-state index is 0. The molecule has 1 aromatic rings. The fourth-order valence-corrected chi connectivity index (χ4v) is 3.50. The third-order valence-corrected chi connectivity index (χ3v) is 5.02. The summed E-state index contributed by atoms with van der Waals surface area (Å²) in [4.78, 5) is 9.21. The number of halogens is 1. The molecule has 1 heterocycles. The van der Waals surface area contributed by atoms with Gasteiger partial charge in [-0.1, -0.05) is 24.3 Å². The van der Waals surface area contributed by atoms with Crippen molar-refractivity contribution in [3.05, 3.63) is 42.0 Å². The van der Waals surface area contributed by atoms with E-state index in [0.29, 0.717) is 12.1 Å². The number of anilines is 1. The van der Waals surface area contributed by atoms with E-state index in [1.54, 1.807) is 0 Å². The lowest BCUT2D eigenvalue weighted by Crippen LogP contribution is -2.41. The van der Waals surface area contributed by atoms with Gasteiger partial charge < -0.3 is 15.5 Å². The van der Waals surface area contributed by atoms with E-state index in [-0.39, 0.29) is 24.0 Å². The molecule has 2 N–H and O–H groups in total. The van der Waals surface area contributed by atoms with Crippen LogP contribution in [0.15, 0.2) is 41.4 Å². The van der Waals surface area contributed by atoms with Crippen molar-refractivity contribution < 1.29 is 0 Å². The van der Waals surface area contributed by atoms with E-state index in [4.69, 9.17) is 0 Å². The van der Waals surface area contributed by atoms with Crippen LogP contribution in [0.4, 0.5) is 5.69 Å². The number of hydrogen-bond acceptors (Lipinski definition) is 3. The third kappa shape index (κ3) is 7.99. The van der Waals surface area contributed by atoms with Gasteiger partial charge in [0, 0.05) is 57.5 Å². The molecule has 0 amide bonds. The molecule has 158 valence electrons. The Morgan fingerprint density at radius 1 is 1.04 bits per heavy atom. The Labute approximate surface area is 188 Å². The first-order valence-electron chi connectivity index (χ1n) is 10.2. The molecule has 0 radical (unpaired) electrons. The maximum absolute atomic E-state index is 4.33. The van der Waals surface area contributed by atoms with Gasteiger partial charge in [-0.25, -0.2) is 0 Å². The molecular formula is C22H38IN5. The average Bonchev–Trinajstić information content (AvgIpc) is 3.18. The molecule has 0 saturated heterocycles. The summed E-state index contributed by atoms with van der Waals surface area (Å²) in [6.45, 7) is 13.9. The van der Waals surface area contributed by atoms with E-state index in [0.717, 1.165) is 45.1 Å². The van der Waals surface area contributed by atoms with Gasteiger partial charge in [0.25, 0.3) is 0 Å². The predicted molar refractivity (Wildman–Crippen MR) is 133 cm³/mol. The van der Waals surface area contributed by atoms with Crippen molar-refractivity contribution in [1.82, 2.24) is 15.5 Å². The molecule has 1 aliphatic heterocycles. The van der Waals surface area contributed by atoms with E-state index in [1.807, 2.05) is 7.05 Å². The molecule has 0 fully saturated rings. The molecule has 0 aliphatic carbocycles. The minimum atomic E-state index is 0. The van der Waals surface area contributed by atoms with Gasteiger partial charge in [0.05, 0.1) is 0 Å². The molecule has 6 heteroatoms. The fraction of sp³-hybridized carbons (Fsp3) is 0.591. The smallest absolute Gasteiger partial charge is 0.191 e. The highest BCUT2D eigenvalue weighted by atomic mass is 127. The van der Waals surface area contributed by atoms with Gasteiger partial charge in [-0.15, -0.1) is 24.0 Å². The molecule has 1 aliphatic rings. The predicted octanol–water partition coefficient (Wildman–Crippen LogP) is 3.85. The molecule has 0 aromatic heterocycles. The summed E-state index contributed by atoms with van der Waals surface area (Å²) in [5.41, 5.74) is 2.55. The lowest BCUT2D eigenvalue weighted by Gasteiger charge is -2.30. The topological polar surface area (TPSA) is 42.9 Å². The summed E-state index contributed by atoms with van der Waals surface area (Å²) >= 11 is 0. The van der Waals surface area contributed by atoms with Gasteiger partial charge in [-0.05, 0) is 51.8 Å². The largest absolute Gasteiger partial charge is 0.364 e. The first kappa shape index (κ1) is 24.8. The second-order valence-corrected chi connectivity index (χ2v) is 7.67. The highest BCUT2D eigenvalue weighted by Gasteiger charge is 2.12. The minimum Gasteiger partial charge on any atom is -0.364 e. The van der Waals surface area contributed by atoms with E-state index < -0.39 is 0 Å². The summed E-state index contributed by atoms with van der Waals surface area (Å²) in [5.74, 6) is 0.864. The van der Waals surface area contributed by atoms with Crippen LogP contribution in [0.5, 0.6) is 0 Å². The summed E-state index contributed by atoms with van der Waals surface area (Å²) in [7, 11) is 1.83. The zero-order chi connectivity index (χ0) is 19.6. The SMILES string of the molecule is CN=C(NCCCN(C(C)C)C(C)C)NCc1ccc(N2CC=CC2)cc1.I. The van der Waals surface area contributed by atoms with Crippen molar-refractivity contribution in [1.29, 1.82) is 0 Å². The molecule has 2 rings (SSSR count). The number of aliphatic imine (C=N–C) groups is 1. The Hall–Kier alpha value is -1.28. The zero-order valence-electron chi connectivity index (χ0n) is 18.1. The maximum Gasteiger partial charge on any atom is 0.191 e. The lowest BCUT2D eigenvalue weighted by atomic mass is 10.2. The van der Waals surface area contributed by atoms with Crippen LogP contribution >= 0.6 is 24.0 Å². The van der Waals surface area contributed by atoms with Gasteiger partial charge in [0.15, 0.2) is 5.96 Å². The molecule has 0 bridgehead atoms. The summed E-state index contributed by atoms with van der Waals surface area (Å²) in [6.07, 6.45) is 5.54. The number of nitrogens with one attached hydrogen (secondary N) is 2. The Morgan fingerprint density at radius 2 is 1.64 bits per heavy atom. The standard InChI is InChI=1S/C22H37N5.HI/c1-18(2)27(19(3)4)16-8-13-24-22(23-5)25-17-20-9-11-21(12-10-20)26-14-6-7-15-26;/h6-7,9-12,18-19H,8,13-17H2,1-5H3,(H2,23,24,25);1H. The molecule has 0 saturated carbocycles. The first-order chi connectivity index (χ1) is 13.0. The molecule has 0 atom stereocenters. The number of hydrogen-bond donors (Lipinski definition) is 2. The van der Waals surface area contributed by atoms with Crippen LogP contribution in [0.1, 0.15) is 39.7 Å². The van der Waals surface area contributed by atoms with Crippen molar-refractivity contribution in [3.8, 4) is 0 Å². The van der Waals surface area contributed by atoms with Crippen molar-refractivity contribution in [2.75, 3.05) is 38.1 Å². The molecular weight excluding hydrogens is 461 g/mol. The number of benzene rings is 1. The van der Waals surface area contributed by atoms with Gasteiger partial charge in [0.1, 0.15) is 0 Å². The van der Waals surface area contributed by atoms with Crippen LogP contribution < -0.4 is 15.5 Å². The summed E-state index contributed by atoms with van der Waals surface area (Å²) in [5, 5.41) is 6.83. The van der Waals surface area contributed by atoms with Crippen LogP contribution in [0.3, 0.4) is 0 Å².